The van der Waals surface area contributed by atoms with Gasteiger partial charge >= 0.3 is 12.1 Å². The molecule has 2 rings (SSSR count). The summed E-state index contributed by atoms with van der Waals surface area (Å²) in [5.41, 5.74) is 2.09. The molecular formula is C26H33NO6. The molecule has 0 spiro atoms. The van der Waals surface area contributed by atoms with Gasteiger partial charge in [-0.05, 0) is 69.0 Å². The number of hydrogen-bond donors (Lipinski definition) is 1. The van der Waals surface area contributed by atoms with Crippen LogP contribution in [0.1, 0.15) is 44.4 Å². The van der Waals surface area contributed by atoms with Gasteiger partial charge in [0.2, 0.25) is 0 Å². The first-order valence-corrected chi connectivity index (χ1v) is 10.9. The first-order valence-electron chi connectivity index (χ1n) is 10.9. The molecule has 0 unspecified atom stereocenters. The zero-order valence-corrected chi connectivity index (χ0v) is 20.0. The summed E-state index contributed by atoms with van der Waals surface area (Å²) in [5, 5.41) is 2.76. The normalized spacial score (nSPS) is 11.2. The summed E-state index contributed by atoms with van der Waals surface area (Å²) >= 11 is 0. The first-order chi connectivity index (χ1) is 15.7. The minimum Gasteiger partial charge on any atom is -0.493 e. The summed E-state index contributed by atoms with van der Waals surface area (Å²) in [7, 11) is 1.56. The molecular weight excluding hydrogens is 422 g/mol. The number of carbonyl (C=O) groups is 2. The molecule has 1 amide bonds. The van der Waals surface area contributed by atoms with Crippen LogP contribution in [-0.4, -0.2) is 37.9 Å². The lowest BCUT2D eigenvalue weighted by Crippen LogP contribution is -2.33. The van der Waals surface area contributed by atoms with Gasteiger partial charge in [-0.2, -0.15) is 0 Å². The van der Waals surface area contributed by atoms with Crippen LogP contribution in [0.3, 0.4) is 0 Å². The Hall–Kier alpha value is -3.48. The second kappa shape index (κ2) is 12.5. The van der Waals surface area contributed by atoms with Crippen LogP contribution in [0.2, 0.25) is 0 Å². The van der Waals surface area contributed by atoms with Crippen LogP contribution in [-0.2, 0) is 27.3 Å². The van der Waals surface area contributed by atoms with Crippen molar-refractivity contribution in [1.29, 1.82) is 0 Å². The molecule has 7 heteroatoms. The van der Waals surface area contributed by atoms with Crippen molar-refractivity contribution in [2.75, 3.05) is 20.3 Å². The van der Waals surface area contributed by atoms with E-state index in [1.807, 2.05) is 57.2 Å². The lowest BCUT2D eigenvalue weighted by molar-refractivity contribution is -0.137. The molecule has 0 saturated heterocycles. The number of amides is 1. The fourth-order valence-corrected chi connectivity index (χ4v) is 2.96. The highest BCUT2D eigenvalue weighted by Gasteiger charge is 2.16. The number of rotatable bonds is 10. The fraction of sp³-hybridized carbons (Fsp3) is 0.385. The van der Waals surface area contributed by atoms with E-state index in [2.05, 4.69) is 5.32 Å². The standard InChI is InChI=1S/C26H33NO6/c1-6-31-24(28)13-12-20-16-22(30-5)23(32-18-19-10-8-7-9-11-19)17-21(20)14-15-27-25(29)33-26(2,3)4/h7-13,16-17H,6,14-15,18H2,1-5H3,(H,27,29)/b13-12+. The molecule has 0 fully saturated rings. The number of carbonyl (C=O) groups excluding carboxylic acids is 2. The smallest absolute Gasteiger partial charge is 0.407 e. The Bertz CT molecular complexity index is 947. The molecule has 0 bridgehead atoms. The van der Waals surface area contributed by atoms with E-state index in [4.69, 9.17) is 18.9 Å². The van der Waals surface area contributed by atoms with Gasteiger partial charge in [0.25, 0.3) is 0 Å². The molecule has 0 saturated carbocycles. The molecule has 0 atom stereocenters. The van der Waals surface area contributed by atoms with E-state index >= 15 is 0 Å². The van der Waals surface area contributed by atoms with Crippen LogP contribution in [0.4, 0.5) is 4.79 Å². The van der Waals surface area contributed by atoms with Crippen LogP contribution in [0.25, 0.3) is 6.08 Å². The van der Waals surface area contributed by atoms with Gasteiger partial charge in [0.1, 0.15) is 12.2 Å². The van der Waals surface area contributed by atoms with Gasteiger partial charge in [-0.25, -0.2) is 9.59 Å². The number of hydrogen-bond acceptors (Lipinski definition) is 6. The lowest BCUT2D eigenvalue weighted by Gasteiger charge is -2.20. The molecule has 2 aromatic carbocycles. The van der Waals surface area contributed by atoms with Gasteiger partial charge in [0.15, 0.2) is 11.5 Å². The van der Waals surface area contributed by atoms with Crippen molar-refractivity contribution in [3.63, 3.8) is 0 Å². The van der Waals surface area contributed by atoms with Crippen molar-refractivity contribution in [1.82, 2.24) is 5.32 Å². The molecule has 178 valence electrons. The van der Waals surface area contributed by atoms with Gasteiger partial charge in [-0.15, -0.1) is 0 Å². The summed E-state index contributed by atoms with van der Waals surface area (Å²) in [5.74, 6) is 0.680. The quantitative estimate of drug-likeness (QED) is 0.405. The average Bonchev–Trinajstić information content (AvgIpc) is 2.76. The van der Waals surface area contributed by atoms with E-state index < -0.39 is 17.7 Å². The number of alkyl carbamates (subject to hydrolysis) is 1. The summed E-state index contributed by atoms with van der Waals surface area (Å²) in [6.07, 6.45) is 3.05. The highest BCUT2D eigenvalue weighted by atomic mass is 16.6. The second-order valence-corrected chi connectivity index (χ2v) is 8.24. The topological polar surface area (TPSA) is 83.1 Å². The maximum Gasteiger partial charge on any atom is 0.407 e. The number of benzene rings is 2. The van der Waals surface area contributed by atoms with E-state index in [0.717, 1.165) is 16.7 Å². The van der Waals surface area contributed by atoms with Crippen molar-refractivity contribution >= 4 is 18.1 Å². The van der Waals surface area contributed by atoms with Crippen molar-refractivity contribution in [3.05, 3.63) is 65.2 Å². The second-order valence-electron chi connectivity index (χ2n) is 8.24. The Kier molecular flexibility index (Phi) is 9.79. The van der Waals surface area contributed by atoms with E-state index in [1.54, 1.807) is 26.2 Å². The minimum atomic E-state index is -0.573. The van der Waals surface area contributed by atoms with Crippen molar-refractivity contribution < 1.29 is 28.5 Å². The first kappa shape index (κ1) is 25.8. The third kappa shape index (κ3) is 9.27. The van der Waals surface area contributed by atoms with Gasteiger partial charge in [0.05, 0.1) is 13.7 Å². The number of methoxy groups -OCH3 is 1. The zero-order chi connectivity index (χ0) is 24.3. The number of ether oxygens (including phenoxy) is 4. The Labute approximate surface area is 195 Å². The molecule has 0 aliphatic rings. The predicted molar refractivity (Wildman–Crippen MR) is 127 cm³/mol. The van der Waals surface area contributed by atoms with Crippen molar-refractivity contribution in [2.45, 2.75) is 46.3 Å². The fourth-order valence-electron chi connectivity index (χ4n) is 2.96. The van der Waals surface area contributed by atoms with Crippen LogP contribution in [0, 0.1) is 0 Å². The SMILES string of the molecule is CCOC(=O)/C=C/c1cc(OC)c(OCc2ccccc2)cc1CCNC(=O)OC(C)(C)C. The van der Waals surface area contributed by atoms with E-state index in [-0.39, 0.29) is 0 Å². The number of esters is 1. The van der Waals surface area contributed by atoms with Crippen molar-refractivity contribution in [3.8, 4) is 11.5 Å². The third-order valence-electron chi connectivity index (χ3n) is 4.41. The molecule has 2 aromatic rings. The summed E-state index contributed by atoms with van der Waals surface area (Å²) in [4.78, 5) is 23.8. The van der Waals surface area contributed by atoms with Crippen LogP contribution < -0.4 is 14.8 Å². The lowest BCUT2D eigenvalue weighted by atomic mass is 10.0. The van der Waals surface area contributed by atoms with Gasteiger partial charge < -0.3 is 24.3 Å². The predicted octanol–water partition coefficient (Wildman–Crippen LogP) is 4.92. The molecule has 0 aromatic heterocycles. The van der Waals surface area contributed by atoms with Crippen LogP contribution in [0.5, 0.6) is 11.5 Å². The Balaban J connectivity index is 2.23. The monoisotopic (exact) mass is 455 g/mol. The Morgan fingerprint density at radius 1 is 1.06 bits per heavy atom. The van der Waals surface area contributed by atoms with Crippen LogP contribution >= 0.6 is 0 Å². The molecule has 33 heavy (non-hydrogen) atoms. The molecule has 0 aliphatic carbocycles. The highest BCUT2D eigenvalue weighted by molar-refractivity contribution is 5.87. The number of nitrogens with one attached hydrogen (secondary N) is 1. The van der Waals surface area contributed by atoms with Crippen molar-refractivity contribution in [2.24, 2.45) is 0 Å². The molecule has 0 heterocycles. The Morgan fingerprint density at radius 2 is 1.79 bits per heavy atom. The summed E-state index contributed by atoms with van der Waals surface area (Å²) in [6, 6.07) is 13.5. The van der Waals surface area contributed by atoms with Gasteiger partial charge in [-0.1, -0.05) is 30.3 Å². The maximum absolute atomic E-state index is 12.0. The van der Waals surface area contributed by atoms with E-state index in [9.17, 15) is 9.59 Å². The largest absolute Gasteiger partial charge is 0.493 e. The van der Waals surface area contributed by atoms with Gasteiger partial charge in [-0.3, -0.25) is 0 Å². The van der Waals surface area contributed by atoms with E-state index in [1.165, 1.54) is 6.08 Å². The summed E-state index contributed by atoms with van der Waals surface area (Å²) in [6.45, 7) is 8.21. The Morgan fingerprint density at radius 3 is 2.42 bits per heavy atom. The third-order valence-corrected chi connectivity index (χ3v) is 4.41. The van der Waals surface area contributed by atoms with E-state index in [0.29, 0.717) is 37.7 Å². The van der Waals surface area contributed by atoms with Gasteiger partial charge in [0, 0.05) is 12.6 Å². The molecule has 0 radical (unpaired) electrons. The molecule has 1 N–H and O–H groups in total. The zero-order valence-electron chi connectivity index (χ0n) is 20.0. The van der Waals surface area contributed by atoms with Crippen LogP contribution in [0.15, 0.2) is 48.5 Å². The maximum atomic E-state index is 12.0. The minimum absolute atomic E-state index is 0.297. The molecule has 7 nitrogen and oxygen atoms in total. The highest BCUT2D eigenvalue weighted by Crippen LogP contribution is 2.32. The average molecular weight is 456 g/mol. The summed E-state index contributed by atoms with van der Waals surface area (Å²) < 4.78 is 21.8. The molecule has 0 aliphatic heterocycles.